The summed E-state index contributed by atoms with van der Waals surface area (Å²) in [6.07, 6.45) is 1.08. The van der Waals surface area contributed by atoms with Gasteiger partial charge < -0.3 is 10.6 Å². The van der Waals surface area contributed by atoms with E-state index in [-0.39, 0.29) is 0 Å². The number of fused-ring (bicyclic) bond motifs is 1. The summed E-state index contributed by atoms with van der Waals surface area (Å²) in [5, 5.41) is 0. The van der Waals surface area contributed by atoms with Crippen molar-refractivity contribution in [2.24, 2.45) is 0 Å². The SMILES string of the molecule is Cc1cccc(CN2CCc3cccc(N)c32)n1. The van der Waals surface area contributed by atoms with Gasteiger partial charge in [0.05, 0.1) is 23.6 Å². The predicted molar refractivity (Wildman–Crippen MR) is 74.6 cm³/mol. The van der Waals surface area contributed by atoms with Gasteiger partial charge in [-0.3, -0.25) is 4.98 Å². The molecule has 0 unspecified atom stereocenters. The quantitative estimate of drug-likeness (QED) is 0.819. The molecule has 0 radical (unpaired) electrons. The summed E-state index contributed by atoms with van der Waals surface area (Å²) in [4.78, 5) is 6.88. The highest BCUT2D eigenvalue weighted by atomic mass is 15.2. The molecule has 0 spiro atoms. The largest absolute Gasteiger partial charge is 0.397 e. The Labute approximate surface area is 107 Å². The van der Waals surface area contributed by atoms with Crippen molar-refractivity contribution in [3.63, 3.8) is 0 Å². The second-order valence-electron chi connectivity index (χ2n) is 4.80. The number of para-hydroxylation sites is 1. The van der Waals surface area contributed by atoms with Crippen LogP contribution in [0.2, 0.25) is 0 Å². The molecule has 2 N–H and O–H groups in total. The second kappa shape index (κ2) is 4.33. The van der Waals surface area contributed by atoms with E-state index in [1.807, 2.05) is 25.1 Å². The molecule has 1 aliphatic heterocycles. The third kappa shape index (κ3) is 1.92. The molecule has 1 aromatic heterocycles. The molecule has 0 bridgehead atoms. The van der Waals surface area contributed by atoms with E-state index in [0.717, 1.165) is 36.6 Å². The summed E-state index contributed by atoms with van der Waals surface area (Å²) < 4.78 is 0. The summed E-state index contributed by atoms with van der Waals surface area (Å²) in [6, 6.07) is 12.3. The fraction of sp³-hybridized carbons (Fsp3) is 0.267. The third-order valence-corrected chi connectivity index (χ3v) is 3.42. The number of benzene rings is 1. The Kier molecular flexibility index (Phi) is 2.67. The number of nitrogens with two attached hydrogens (primary N) is 1. The van der Waals surface area contributed by atoms with Crippen LogP contribution in [-0.2, 0) is 13.0 Å². The summed E-state index contributed by atoms with van der Waals surface area (Å²) in [5.74, 6) is 0. The molecule has 0 aliphatic carbocycles. The van der Waals surface area contributed by atoms with Crippen molar-refractivity contribution in [3.05, 3.63) is 53.3 Å². The van der Waals surface area contributed by atoms with E-state index < -0.39 is 0 Å². The maximum atomic E-state index is 6.08. The maximum absolute atomic E-state index is 6.08. The van der Waals surface area contributed by atoms with Gasteiger partial charge in [0.2, 0.25) is 0 Å². The van der Waals surface area contributed by atoms with E-state index in [4.69, 9.17) is 5.73 Å². The highest BCUT2D eigenvalue weighted by molar-refractivity contribution is 5.74. The number of nitrogens with zero attached hydrogens (tertiary/aromatic N) is 2. The average molecular weight is 239 g/mol. The molecule has 0 saturated heterocycles. The standard InChI is InChI=1S/C15H17N3/c1-11-4-2-6-13(17-11)10-18-9-8-12-5-3-7-14(16)15(12)18/h2-7H,8-10,16H2,1H3. The zero-order chi connectivity index (χ0) is 12.5. The molecule has 0 atom stereocenters. The van der Waals surface area contributed by atoms with Gasteiger partial charge in [0.15, 0.2) is 0 Å². The van der Waals surface area contributed by atoms with Gasteiger partial charge >= 0.3 is 0 Å². The van der Waals surface area contributed by atoms with Crippen LogP contribution < -0.4 is 10.6 Å². The fourth-order valence-corrected chi connectivity index (χ4v) is 2.61. The number of aryl methyl sites for hydroxylation is 1. The highest BCUT2D eigenvalue weighted by Gasteiger charge is 2.21. The Hall–Kier alpha value is -2.03. The molecule has 3 nitrogen and oxygen atoms in total. The van der Waals surface area contributed by atoms with Crippen LogP contribution in [-0.4, -0.2) is 11.5 Å². The molecular weight excluding hydrogens is 222 g/mol. The molecule has 0 amide bonds. The van der Waals surface area contributed by atoms with Gasteiger partial charge in [0, 0.05) is 12.2 Å². The third-order valence-electron chi connectivity index (χ3n) is 3.42. The van der Waals surface area contributed by atoms with Crippen LogP contribution in [0.15, 0.2) is 36.4 Å². The van der Waals surface area contributed by atoms with Crippen LogP contribution in [0.4, 0.5) is 11.4 Å². The Morgan fingerprint density at radius 3 is 2.89 bits per heavy atom. The predicted octanol–water partition coefficient (Wildman–Crippen LogP) is 2.53. The van der Waals surface area contributed by atoms with Crippen LogP contribution >= 0.6 is 0 Å². The van der Waals surface area contributed by atoms with E-state index in [0.29, 0.717) is 0 Å². The van der Waals surface area contributed by atoms with Gasteiger partial charge in [-0.2, -0.15) is 0 Å². The topological polar surface area (TPSA) is 42.1 Å². The molecule has 0 saturated carbocycles. The van der Waals surface area contributed by atoms with E-state index in [9.17, 15) is 0 Å². The summed E-state index contributed by atoms with van der Waals surface area (Å²) >= 11 is 0. The molecule has 3 heteroatoms. The lowest BCUT2D eigenvalue weighted by atomic mass is 10.1. The average Bonchev–Trinajstić information content (AvgIpc) is 2.74. The van der Waals surface area contributed by atoms with Crippen molar-refractivity contribution < 1.29 is 0 Å². The summed E-state index contributed by atoms with van der Waals surface area (Å²) in [5.41, 5.74) is 11.7. The number of rotatable bonds is 2. The zero-order valence-corrected chi connectivity index (χ0v) is 10.6. The first kappa shape index (κ1) is 11.1. The van der Waals surface area contributed by atoms with Crippen LogP contribution in [0, 0.1) is 6.92 Å². The number of hydrogen-bond acceptors (Lipinski definition) is 3. The van der Waals surface area contributed by atoms with Gasteiger partial charge in [-0.05, 0) is 37.1 Å². The van der Waals surface area contributed by atoms with Crippen LogP contribution in [0.1, 0.15) is 17.0 Å². The number of aromatic nitrogens is 1. The Morgan fingerprint density at radius 1 is 1.22 bits per heavy atom. The van der Waals surface area contributed by atoms with Crippen molar-refractivity contribution >= 4 is 11.4 Å². The highest BCUT2D eigenvalue weighted by Crippen LogP contribution is 2.34. The van der Waals surface area contributed by atoms with E-state index in [1.54, 1.807) is 0 Å². The minimum absolute atomic E-state index is 0.836. The minimum Gasteiger partial charge on any atom is -0.397 e. The Balaban J connectivity index is 1.89. The maximum Gasteiger partial charge on any atom is 0.0636 e. The van der Waals surface area contributed by atoms with Gasteiger partial charge in [-0.25, -0.2) is 0 Å². The number of pyridine rings is 1. The lowest BCUT2D eigenvalue weighted by molar-refractivity contribution is 0.811. The van der Waals surface area contributed by atoms with Crippen LogP contribution in [0.25, 0.3) is 0 Å². The van der Waals surface area contributed by atoms with Crippen molar-refractivity contribution in [2.45, 2.75) is 19.9 Å². The lowest BCUT2D eigenvalue weighted by Gasteiger charge is -2.20. The van der Waals surface area contributed by atoms with Gasteiger partial charge in [-0.1, -0.05) is 18.2 Å². The lowest BCUT2D eigenvalue weighted by Crippen LogP contribution is -2.21. The minimum atomic E-state index is 0.836. The van der Waals surface area contributed by atoms with E-state index >= 15 is 0 Å². The fourth-order valence-electron chi connectivity index (χ4n) is 2.61. The molecule has 2 heterocycles. The van der Waals surface area contributed by atoms with Crippen LogP contribution in [0.5, 0.6) is 0 Å². The van der Waals surface area contributed by atoms with E-state index in [2.05, 4.69) is 28.1 Å². The monoisotopic (exact) mass is 239 g/mol. The van der Waals surface area contributed by atoms with Crippen molar-refractivity contribution in [3.8, 4) is 0 Å². The van der Waals surface area contributed by atoms with E-state index in [1.165, 1.54) is 11.3 Å². The normalized spacial score (nSPS) is 13.7. The van der Waals surface area contributed by atoms with Crippen molar-refractivity contribution in [1.82, 2.24) is 4.98 Å². The molecule has 2 aromatic rings. The first-order valence-electron chi connectivity index (χ1n) is 6.29. The Bertz CT molecular complexity index is 578. The first-order valence-corrected chi connectivity index (χ1v) is 6.29. The molecular formula is C15H17N3. The molecule has 0 fully saturated rings. The molecule has 18 heavy (non-hydrogen) atoms. The molecule has 92 valence electrons. The zero-order valence-electron chi connectivity index (χ0n) is 10.6. The van der Waals surface area contributed by atoms with Gasteiger partial charge in [0.25, 0.3) is 0 Å². The first-order chi connectivity index (χ1) is 8.74. The summed E-state index contributed by atoms with van der Waals surface area (Å²) in [6.45, 7) is 3.89. The molecule has 1 aromatic carbocycles. The number of anilines is 2. The van der Waals surface area contributed by atoms with Crippen molar-refractivity contribution in [1.29, 1.82) is 0 Å². The number of nitrogen functional groups attached to an aromatic ring is 1. The molecule has 3 rings (SSSR count). The van der Waals surface area contributed by atoms with Gasteiger partial charge in [-0.15, -0.1) is 0 Å². The molecule has 1 aliphatic rings. The van der Waals surface area contributed by atoms with Gasteiger partial charge in [0.1, 0.15) is 0 Å². The van der Waals surface area contributed by atoms with Crippen molar-refractivity contribution in [2.75, 3.05) is 17.2 Å². The van der Waals surface area contributed by atoms with Crippen LogP contribution in [0.3, 0.4) is 0 Å². The second-order valence-corrected chi connectivity index (χ2v) is 4.80. The Morgan fingerprint density at radius 2 is 2.06 bits per heavy atom. The smallest absolute Gasteiger partial charge is 0.0636 e. The summed E-state index contributed by atoms with van der Waals surface area (Å²) in [7, 11) is 0. The number of hydrogen-bond donors (Lipinski definition) is 1.